The molecule has 1 heterocycles. The number of hydrogen-bond donors (Lipinski definition) is 4. The predicted octanol–water partition coefficient (Wildman–Crippen LogP) is 5.48. The molecule has 4 N–H and O–H groups in total. The van der Waals surface area contributed by atoms with Crippen LogP contribution in [0.1, 0.15) is 39.0 Å². The first kappa shape index (κ1) is 31.8. The van der Waals surface area contributed by atoms with Crippen LogP contribution in [-0.4, -0.2) is 64.4 Å². The summed E-state index contributed by atoms with van der Waals surface area (Å²) in [4.78, 5) is 23.8. The number of para-hydroxylation sites is 1. The number of anilines is 1. The molecule has 0 radical (unpaired) electrons. The number of carboxylic acids is 2. The van der Waals surface area contributed by atoms with Crippen molar-refractivity contribution in [2.24, 2.45) is 5.41 Å². The van der Waals surface area contributed by atoms with Gasteiger partial charge in [-0.25, -0.2) is 9.18 Å². The number of nitrogens with one attached hydrogen (secondary N) is 2. The molecule has 41 heavy (non-hydrogen) atoms. The van der Waals surface area contributed by atoms with Gasteiger partial charge < -0.3 is 30.5 Å². The van der Waals surface area contributed by atoms with E-state index in [1.807, 2.05) is 30.3 Å². The molecule has 1 atom stereocenters. The second-order valence-corrected chi connectivity index (χ2v) is 10.8. The van der Waals surface area contributed by atoms with E-state index in [2.05, 4.69) is 15.5 Å². The highest BCUT2D eigenvalue weighted by Crippen LogP contribution is 2.31. The third kappa shape index (κ3) is 11.0. The topological polar surface area (TPSA) is 111 Å². The summed E-state index contributed by atoms with van der Waals surface area (Å²) in [5, 5.41) is 24.9. The van der Waals surface area contributed by atoms with Crippen LogP contribution in [0.3, 0.4) is 0 Å². The molecule has 1 fully saturated rings. The van der Waals surface area contributed by atoms with Gasteiger partial charge in [-0.3, -0.25) is 4.79 Å². The van der Waals surface area contributed by atoms with Crippen molar-refractivity contribution in [1.29, 1.82) is 0 Å². The van der Waals surface area contributed by atoms with Crippen molar-refractivity contribution in [3.05, 3.63) is 84.2 Å². The van der Waals surface area contributed by atoms with Crippen LogP contribution in [-0.2, 0) is 9.59 Å². The summed E-state index contributed by atoms with van der Waals surface area (Å²) in [5.74, 6) is -1.57. The summed E-state index contributed by atoms with van der Waals surface area (Å²) in [7, 11) is 0. The minimum absolute atomic E-state index is 0.0359. The number of unbranched alkanes of at least 4 members (excludes halogenated alkanes) is 1. The predicted molar refractivity (Wildman–Crippen MR) is 162 cm³/mol. The van der Waals surface area contributed by atoms with Gasteiger partial charge in [0.1, 0.15) is 11.6 Å². The zero-order valence-electron chi connectivity index (χ0n) is 23.2. The van der Waals surface area contributed by atoms with E-state index >= 15 is 0 Å². The Bertz CT molecular complexity index is 1210. The van der Waals surface area contributed by atoms with Crippen LogP contribution in [0.2, 0.25) is 0 Å². The lowest BCUT2D eigenvalue weighted by Gasteiger charge is -2.33. The van der Waals surface area contributed by atoms with Crippen molar-refractivity contribution in [2.75, 3.05) is 31.6 Å². The van der Waals surface area contributed by atoms with Gasteiger partial charge in [0.05, 0.1) is 12.0 Å². The zero-order valence-corrected chi connectivity index (χ0v) is 24.0. The fraction of sp³-hybridized carbons (Fsp3) is 0.387. The van der Waals surface area contributed by atoms with Gasteiger partial charge in [0.25, 0.3) is 0 Å². The molecule has 8 nitrogen and oxygen atoms in total. The molecule has 1 aliphatic carbocycles. The number of rotatable bonds is 10. The number of benzene rings is 2. The Labute approximate surface area is 245 Å². The highest BCUT2D eigenvalue weighted by molar-refractivity contribution is 7.80. The van der Waals surface area contributed by atoms with E-state index in [1.54, 1.807) is 12.1 Å². The first-order chi connectivity index (χ1) is 19.6. The Balaban J connectivity index is 0.000000298. The molecule has 2 aromatic rings. The molecule has 0 bridgehead atoms. The molecule has 2 aliphatic rings. The first-order valence-corrected chi connectivity index (χ1v) is 14.1. The normalized spacial score (nSPS) is 18.8. The Kier molecular flexibility index (Phi) is 12.3. The third-order valence-corrected chi connectivity index (χ3v) is 7.21. The highest BCUT2D eigenvalue weighted by Gasteiger charge is 2.34. The van der Waals surface area contributed by atoms with Crippen LogP contribution >= 0.6 is 12.2 Å². The van der Waals surface area contributed by atoms with E-state index < -0.39 is 17.4 Å². The van der Waals surface area contributed by atoms with E-state index in [0.29, 0.717) is 17.8 Å². The van der Waals surface area contributed by atoms with Gasteiger partial charge in [-0.2, -0.15) is 0 Å². The second kappa shape index (κ2) is 15.9. The van der Waals surface area contributed by atoms with Crippen LogP contribution < -0.4 is 15.4 Å². The molecule has 1 unspecified atom stereocenters. The van der Waals surface area contributed by atoms with Crippen LogP contribution in [0, 0.1) is 11.2 Å². The third-order valence-electron chi connectivity index (χ3n) is 6.99. The van der Waals surface area contributed by atoms with Crippen LogP contribution in [0.5, 0.6) is 5.75 Å². The van der Waals surface area contributed by atoms with E-state index in [1.165, 1.54) is 37.3 Å². The second-order valence-electron chi connectivity index (χ2n) is 10.3. The molecule has 0 aromatic heterocycles. The van der Waals surface area contributed by atoms with Crippen molar-refractivity contribution in [3.8, 4) is 5.75 Å². The van der Waals surface area contributed by atoms with Crippen molar-refractivity contribution >= 4 is 35.0 Å². The zero-order chi connectivity index (χ0) is 29.7. The van der Waals surface area contributed by atoms with Crippen molar-refractivity contribution < 1.29 is 28.9 Å². The highest BCUT2D eigenvalue weighted by atomic mass is 32.1. The minimum atomic E-state index is -1.08. The molecular formula is C31H38FN3O5S. The maximum atomic E-state index is 12.9. The van der Waals surface area contributed by atoms with E-state index in [4.69, 9.17) is 27.2 Å². The number of nitrogens with zero attached hydrogens (tertiary/aromatic N) is 1. The number of carboxylic acid groups (broad SMARTS) is 2. The molecule has 1 saturated heterocycles. The Morgan fingerprint density at radius 2 is 1.76 bits per heavy atom. The number of hydrogen-bond acceptors (Lipinski definition) is 5. The van der Waals surface area contributed by atoms with E-state index in [0.717, 1.165) is 56.8 Å². The standard InChI is InChI=1S/C22H28FN3OS.C9H10O4/c23-18-8-10-21(11-9-18)27-17-5-4-14-26-15-12-20(13-16-26)25-22(28)24-19-6-2-1-3-7-19;1-9(8(12)13)4-2-3-6(5-9)7(10)11/h1-3,6-11,20H,4-5,12-17H2,(H2,24,25,28);2-4H,5H2,1H3,(H,10,11)(H,12,13). The van der Waals surface area contributed by atoms with Gasteiger partial charge in [-0.05, 0) is 94.2 Å². The van der Waals surface area contributed by atoms with Gasteiger partial charge in [0.15, 0.2) is 5.11 Å². The average Bonchev–Trinajstić information content (AvgIpc) is 2.95. The van der Waals surface area contributed by atoms with Gasteiger partial charge in [-0.15, -0.1) is 0 Å². The monoisotopic (exact) mass is 583 g/mol. The number of ether oxygens (including phenoxy) is 1. The van der Waals surface area contributed by atoms with Crippen LogP contribution in [0.4, 0.5) is 10.1 Å². The Morgan fingerprint density at radius 3 is 2.39 bits per heavy atom. The molecule has 0 saturated carbocycles. The lowest BCUT2D eigenvalue weighted by Crippen LogP contribution is -2.46. The average molecular weight is 584 g/mol. The summed E-state index contributed by atoms with van der Waals surface area (Å²) in [6.07, 6.45) is 8.74. The summed E-state index contributed by atoms with van der Waals surface area (Å²) in [6.45, 7) is 5.44. The molecule has 0 spiro atoms. The summed E-state index contributed by atoms with van der Waals surface area (Å²) >= 11 is 5.42. The lowest BCUT2D eigenvalue weighted by molar-refractivity contribution is -0.145. The fourth-order valence-corrected chi connectivity index (χ4v) is 4.80. The molecule has 0 amide bonds. The largest absolute Gasteiger partial charge is 0.494 e. The summed E-state index contributed by atoms with van der Waals surface area (Å²) in [5.41, 5.74) is 0.0651. The summed E-state index contributed by atoms with van der Waals surface area (Å²) < 4.78 is 18.5. The smallest absolute Gasteiger partial charge is 0.331 e. The SMILES string of the molecule is CC1(C(=O)O)C=CC=C(C(=O)O)C1.Fc1ccc(OCCCCN2CCC(NC(=S)Nc3ccccc3)CC2)cc1. The molecule has 4 rings (SSSR count). The van der Waals surface area contributed by atoms with Crippen LogP contribution in [0.25, 0.3) is 0 Å². The van der Waals surface area contributed by atoms with Gasteiger partial charge >= 0.3 is 11.9 Å². The maximum absolute atomic E-state index is 12.9. The number of allylic oxidation sites excluding steroid dienone is 2. The number of piperidine rings is 1. The molecule has 2 aromatic carbocycles. The first-order valence-electron chi connectivity index (χ1n) is 13.7. The quantitative estimate of drug-likeness (QED) is 0.213. The molecule has 1 aliphatic heterocycles. The molecular weight excluding hydrogens is 545 g/mol. The van der Waals surface area contributed by atoms with Gasteiger partial charge in [0, 0.05) is 30.4 Å². The molecule has 220 valence electrons. The maximum Gasteiger partial charge on any atom is 0.331 e. The fourth-order valence-electron chi connectivity index (χ4n) is 4.52. The number of aliphatic carboxylic acids is 2. The minimum Gasteiger partial charge on any atom is -0.494 e. The summed E-state index contributed by atoms with van der Waals surface area (Å²) in [6, 6.07) is 16.6. The number of halogens is 1. The Hall–Kier alpha value is -3.76. The molecule has 10 heteroatoms. The van der Waals surface area contributed by atoms with Crippen molar-refractivity contribution in [2.45, 2.75) is 45.1 Å². The Morgan fingerprint density at radius 1 is 1.07 bits per heavy atom. The van der Waals surface area contributed by atoms with E-state index in [9.17, 15) is 14.0 Å². The van der Waals surface area contributed by atoms with E-state index in [-0.39, 0.29) is 17.8 Å². The van der Waals surface area contributed by atoms with Gasteiger partial charge in [-0.1, -0.05) is 36.4 Å². The van der Waals surface area contributed by atoms with Gasteiger partial charge in [0.2, 0.25) is 0 Å². The number of thiocarbonyl (C=S) groups is 1. The number of carbonyl (C=O) groups is 2. The number of likely N-dealkylation sites (tertiary alicyclic amines) is 1. The van der Waals surface area contributed by atoms with Crippen molar-refractivity contribution in [3.63, 3.8) is 0 Å². The van der Waals surface area contributed by atoms with Crippen LogP contribution in [0.15, 0.2) is 78.4 Å². The van der Waals surface area contributed by atoms with Crippen molar-refractivity contribution in [1.82, 2.24) is 10.2 Å². The lowest BCUT2D eigenvalue weighted by atomic mass is 9.80.